The Bertz CT molecular complexity index is 509. The maximum absolute atomic E-state index is 12.7. The van der Waals surface area contributed by atoms with Gasteiger partial charge in [-0.2, -0.15) is 0 Å². The molecule has 1 aliphatic carbocycles. The molecule has 9 nitrogen and oxygen atoms in total. The molecule has 0 aromatic carbocycles. The molecule has 1 saturated carbocycles. The van der Waals surface area contributed by atoms with Gasteiger partial charge in [0.2, 0.25) is 12.7 Å². The van der Waals surface area contributed by atoms with Gasteiger partial charge >= 0.3 is 11.9 Å². The van der Waals surface area contributed by atoms with Crippen LogP contribution in [0.25, 0.3) is 0 Å². The molecular formula is C16H26N2O7. The minimum absolute atomic E-state index is 0.280. The van der Waals surface area contributed by atoms with Crippen molar-refractivity contribution >= 4 is 23.8 Å². The van der Waals surface area contributed by atoms with Crippen LogP contribution in [-0.4, -0.2) is 55.6 Å². The van der Waals surface area contributed by atoms with Gasteiger partial charge in [0.15, 0.2) is 0 Å². The summed E-state index contributed by atoms with van der Waals surface area (Å²) in [6, 6.07) is -0.815. The molecule has 1 unspecified atom stereocenters. The van der Waals surface area contributed by atoms with E-state index in [9.17, 15) is 19.2 Å². The minimum atomic E-state index is -0.815. The van der Waals surface area contributed by atoms with Crippen molar-refractivity contribution in [2.75, 3.05) is 21.0 Å². The molecule has 1 rings (SSSR count). The van der Waals surface area contributed by atoms with Gasteiger partial charge in [-0.25, -0.2) is 10.3 Å². The molecule has 142 valence electrons. The Kier molecular flexibility index (Phi) is 8.33. The van der Waals surface area contributed by atoms with Crippen LogP contribution in [0.5, 0.6) is 0 Å². The van der Waals surface area contributed by atoms with Gasteiger partial charge in [0.05, 0.1) is 18.9 Å². The zero-order valence-electron chi connectivity index (χ0n) is 15.1. The molecule has 1 aliphatic rings. The summed E-state index contributed by atoms with van der Waals surface area (Å²) in [4.78, 5) is 53.3. The fourth-order valence-electron chi connectivity index (χ4n) is 2.79. The molecule has 0 spiro atoms. The predicted molar refractivity (Wildman–Crippen MR) is 85.6 cm³/mol. The molecule has 9 heteroatoms. The lowest BCUT2D eigenvalue weighted by Crippen LogP contribution is -2.50. The molecule has 2 amide bonds. The second-order valence-corrected chi connectivity index (χ2v) is 6.01. The molecule has 1 fully saturated rings. The van der Waals surface area contributed by atoms with Crippen LogP contribution in [-0.2, 0) is 33.5 Å². The SMILES string of the molecule is COC(=O)[C@H]1CCCC[C@H]1C(=O)N(C)C(C)C(=O)NOCOC(C)=O. The number of hydrogen-bond acceptors (Lipinski definition) is 7. The van der Waals surface area contributed by atoms with E-state index in [2.05, 4.69) is 10.2 Å². The molecule has 25 heavy (non-hydrogen) atoms. The number of nitrogens with one attached hydrogen (secondary N) is 1. The van der Waals surface area contributed by atoms with Gasteiger partial charge in [-0.1, -0.05) is 12.8 Å². The Hall–Kier alpha value is -2.16. The van der Waals surface area contributed by atoms with E-state index < -0.39 is 42.5 Å². The number of esters is 2. The van der Waals surface area contributed by atoms with Crippen LogP contribution in [0.1, 0.15) is 39.5 Å². The van der Waals surface area contributed by atoms with E-state index in [0.29, 0.717) is 12.8 Å². The zero-order valence-corrected chi connectivity index (χ0v) is 15.1. The van der Waals surface area contributed by atoms with E-state index in [1.807, 2.05) is 0 Å². The number of ether oxygens (including phenoxy) is 2. The fourth-order valence-corrected chi connectivity index (χ4v) is 2.79. The molecule has 0 aromatic heterocycles. The summed E-state index contributed by atoms with van der Waals surface area (Å²) < 4.78 is 9.31. The van der Waals surface area contributed by atoms with E-state index in [-0.39, 0.29) is 5.91 Å². The summed E-state index contributed by atoms with van der Waals surface area (Å²) in [7, 11) is 2.81. The van der Waals surface area contributed by atoms with Crippen LogP contribution in [0.15, 0.2) is 0 Å². The van der Waals surface area contributed by atoms with Gasteiger partial charge in [-0.05, 0) is 19.8 Å². The maximum atomic E-state index is 12.7. The first-order valence-electron chi connectivity index (χ1n) is 8.19. The van der Waals surface area contributed by atoms with Gasteiger partial charge in [0.25, 0.3) is 5.91 Å². The Labute approximate surface area is 146 Å². The van der Waals surface area contributed by atoms with E-state index in [0.717, 1.165) is 12.8 Å². The number of carbonyl (C=O) groups is 4. The highest BCUT2D eigenvalue weighted by Crippen LogP contribution is 2.32. The molecule has 1 N–H and O–H groups in total. The van der Waals surface area contributed by atoms with Crippen LogP contribution in [0, 0.1) is 11.8 Å². The number of rotatable bonds is 7. The van der Waals surface area contributed by atoms with E-state index in [1.165, 1.54) is 26.0 Å². The standard InChI is InChI=1S/C16H26N2O7/c1-10(14(20)17-25-9-24-11(2)19)18(3)15(21)12-7-5-6-8-13(12)16(22)23-4/h10,12-13H,5-9H2,1-4H3,(H,17,20)/t10?,12-,13+/m1/s1. The third-order valence-electron chi connectivity index (χ3n) is 4.39. The third-order valence-corrected chi connectivity index (χ3v) is 4.39. The Morgan fingerprint density at radius 3 is 2.32 bits per heavy atom. The van der Waals surface area contributed by atoms with Crippen LogP contribution in [0.4, 0.5) is 0 Å². The average Bonchev–Trinajstić information content (AvgIpc) is 2.62. The molecule has 0 bridgehead atoms. The lowest BCUT2D eigenvalue weighted by atomic mass is 9.78. The smallest absolute Gasteiger partial charge is 0.309 e. The lowest BCUT2D eigenvalue weighted by Gasteiger charge is -2.33. The fraction of sp³-hybridized carbons (Fsp3) is 0.750. The highest BCUT2D eigenvalue weighted by molar-refractivity contribution is 5.90. The summed E-state index contributed by atoms with van der Waals surface area (Å²) in [5, 5.41) is 0. The molecular weight excluding hydrogens is 332 g/mol. The van der Waals surface area contributed by atoms with Crippen molar-refractivity contribution < 1.29 is 33.5 Å². The first-order chi connectivity index (χ1) is 11.8. The molecule has 0 radical (unpaired) electrons. The average molecular weight is 358 g/mol. The highest BCUT2D eigenvalue weighted by Gasteiger charge is 2.39. The van der Waals surface area contributed by atoms with Crippen molar-refractivity contribution in [2.45, 2.75) is 45.6 Å². The first kappa shape index (κ1) is 20.9. The van der Waals surface area contributed by atoms with Crippen LogP contribution in [0.2, 0.25) is 0 Å². The van der Waals surface area contributed by atoms with Gasteiger partial charge < -0.3 is 14.4 Å². The molecule has 0 saturated heterocycles. The van der Waals surface area contributed by atoms with Crippen LogP contribution < -0.4 is 5.48 Å². The van der Waals surface area contributed by atoms with E-state index >= 15 is 0 Å². The number of methoxy groups -OCH3 is 1. The summed E-state index contributed by atoms with van der Waals surface area (Å²) in [6.07, 6.45) is 2.90. The lowest BCUT2D eigenvalue weighted by molar-refractivity contribution is -0.168. The Morgan fingerprint density at radius 1 is 1.16 bits per heavy atom. The van der Waals surface area contributed by atoms with Gasteiger partial charge in [-0.15, -0.1) is 0 Å². The van der Waals surface area contributed by atoms with Crippen molar-refractivity contribution in [1.29, 1.82) is 0 Å². The van der Waals surface area contributed by atoms with Crippen molar-refractivity contribution in [3.8, 4) is 0 Å². The molecule has 0 aromatic rings. The number of amides is 2. The monoisotopic (exact) mass is 358 g/mol. The number of hydrogen-bond donors (Lipinski definition) is 1. The normalized spacial score (nSPS) is 21.0. The van der Waals surface area contributed by atoms with Gasteiger partial charge in [0, 0.05) is 14.0 Å². The summed E-state index contributed by atoms with van der Waals surface area (Å²) in [5.74, 6) is -2.76. The first-order valence-corrected chi connectivity index (χ1v) is 8.19. The topological polar surface area (TPSA) is 111 Å². The third kappa shape index (κ3) is 6.00. The number of hydroxylamine groups is 1. The minimum Gasteiger partial charge on any atom is -0.469 e. The predicted octanol–water partition coefficient (Wildman–Crippen LogP) is 0.381. The number of carbonyl (C=O) groups excluding carboxylic acids is 4. The van der Waals surface area contributed by atoms with E-state index in [4.69, 9.17) is 9.57 Å². The van der Waals surface area contributed by atoms with Gasteiger partial charge in [-0.3, -0.25) is 19.2 Å². The Balaban J connectivity index is 2.61. The van der Waals surface area contributed by atoms with Crippen molar-refractivity contribution in [3.05, 3.63) is 0 Å². The molecule has 0 aliphatic heterocycles. The Morgan fingerprint density at radius 2 is 1.76 bits per heavy atom. The second kappa shape index (κ2) is 9.97. The number of likely N-dealkylation sites (N-methyl/N-ethyl adjacent to an activating group) is 1. The quantitative estimate of drug-likeness (QED) is 0.303. The summed E-state index contributed by atoms with van der Waals surface area (Å²) >= 11 is 0. The van der Waals surface area contributed by atoms with E-state index in [1.54, 1.807) is 6.92 Å². The zero-order chi connectivity index (χ0) is 19.0. The second-order valence-electron chi connectivity index (χ2n) is 6.01. The van der Waals surface area contributed by atoms with Crippen LogP contribution >= 0.6 is 0 Å². The summed E-state index contributed by atoms with van der Waals surface area (Å²) in [6.45, 7) is 2.33. The molecule has 0 heterocycles. The highest BCUT2D eigenvalue weighted by atomic mass is 16.8. The largest absolute Gasteiger partial charge is 0.469 e. The van der Waals surface area contributed by atoms with Crippen molar-refractivity contribution in [3.63, 3.8) is 0 Å². The summed E-state index contributed by atoms with van der Waals surface area (Å²) in [5.41, 5.74) is 2.12. The van der Waals surface area contributed by atoms with Crippen LogP contribution in [0.3, 0.4) is 0 Å². The van der Waals surface area contributed by atoms with Crippen molar-refractivity contribution in [1.82, 2.24) is 10.4 Å². The molecule has 3 atom stereocenters. The number of nitrogens with zero attached hydrogens (tertiary/aromatic N) is 1. The van der Waals surface area contributed by atoms with Crippen molar-refractivity contribution in [2.24, 2.45) is 11.8 Å². The van der Waals surface area contributed by atoms with Gasteiger partial charge in [0.1, 0.15) is 6.04 Å². The maximum Gasteiger partial charge on any atom is 0.309 e.